The Morgan fingerprint density at radius 2 is 2.27 bits per heavy atom. The molecule has 0 amide bonds. The molecule has 0 bridgehead atoms. The lowest BCUT2D eigenvalue weighted by Crippen LogP contribution is -2.30. The molecule has 0 fully saturated rings. The summed E-state index contributed by atoms with van der Waals surface area (Å²) in [5.74, 6) is -1.17. The van der Waals surface area contributed by atoms with Crippen LogP contribution in [0.1, 0.15) is 59.3 Å². The Bertz CT molecular complexity index is 391. The maximum atomic E-state index is 12.0. The molecule has 1 aliphatic rings. The van der Waals surface area contributed by atoms with Crippen molar-refractivity contribution >= 4 is 11.9 Å². The van der Waals surface area contributed by atoms with Crippen LogP contribution in [0.5, 0.6) is 0 Å². The van der Waals surface area contributed by atoms with Gasteiger partial charge in [0.1, 0.15) is 6.10 Å². The molecule has 1 rings (SSSR count). The Labute approximate surface area is 132 Å². The van der Waals surface area contributed by atoms with E-state index in [4.69, 9.17) is 9.47 Å². The number of hydrogen-bond donors (Lipinski definition) is 1. The van der Waals surface area contributed by atoms with E-state index >= 15 is 0 Å². The smallest absolute Gasteiger partial charge is 0.311 e. The van der Waals surface area contributed by atoms with Crippen LogP contribution in [0.3, 0.4) is 0 Å². The predicted molar refractivity (Wildman–Crippen MR) is 83.1 cm³/mol. The second-order valence-corrected chi connectivity index (χ2v) is 6.05. The number of carbonyl (C=O) groups is 2. The lowest BCUT2D eigenvalue weighted by molar-refractivity contribution is -0.157. The number of esters is 2. The van der Waals surface area contributed by atoms with E-state index in [2.05, 4.69) is 0 Å². The molecule has 0 saturated heterocycles. The highest BCUT2D eigenvalue weighted by Gasteiger charge is 2.25. The molecule has 1 N–H and O–H groups in total. The largest absolute Gasteiger partial charge is 0.463 e. The van der Waals surface area contributed by atoms with E-state index in [-0.39, 0.29) is 24.1 Å². The quantitative estimate of drug-likeness (QED) is 0.624. The molecule has 1 heterocycles. The van der Waals surface area contributed by atoms with E-state index in [9.17, 15) is 14.7 Å². The van der Waals surface area contributed by atoms with Crippen LogP contribution in [-0.2, 0) is 19.1 Å². The van der Waals surface area contributed by atoms with E-state index in [1.54, 1.807) is 13.0 Å². The van der Waals surface area contributed by atoms with Crippen molar-refractivity contribution in [3.8, 4) is 0 Å². The van der Waals surface area contributed by atoms with Gasteiger partial charge in [0.15, 0.2) is 0 Å². The first-order chi connectivity index (χ1) is 10.4. The minimum absolute atomic E-state index is 0.114. The number of hydrogen-bond acceptors (Lipinski definition) is 5. The second kappa shape index (κ2) is 9.62. The zero-order valence-electron chi connectivity index (χ0n) is 13.8. The lowest BCUT2D eigenvalue weighted by Gasteiger charge is -2.23. The topological polar surface area (TPSA) is 72.8 Å². The standard InChI is InChI=1S/C17H28O5/c1-12(21-14(3)18)8-7-10-15-9-5-4-6-11-16(19)13(2)17(20)22-15/h6,11-13,15-16,19H,4-5,7-10H2,1-3H3. The molecule has 0 spiro atoms. The van der Waals surface area contributed by atoms with Gasteiger partial charge in [-0.1, -0.05) is 12.2 Å². The van der Waals surface area contributed by atoms with Gasteiger partial charge in [-0.05, 0) is 52.4 Å². The van der Waals surface area contributed by atoms with Crippen molar-refractivity contribution in [1.82, 2.24) is 0 Å². The van der Waals surface area contributed by atoms with E-state index in [1.807, 2.05) is 13.0 Å². The van der Waals surface area contributed by atoms with Gasteiger partial charge in [0, 0.05) is 6.92 Å². The van der Waals surface area contributed by atoms with Crippen molar-refractivity contribution in [1.29, 1.82) is 0 Å². The molecule has 0 saturated carbocycles. The average molecular weight is 312 g/mol. The van der Waals surface area contributed by atoms with Crippen LogP contribution in [0.4, 0.5) is 0 Å². The van der Waals surface area contributed by atoms with Crippen molar-refractivity contribution < 1.29 is 24.2 Å². The Kier molecular flexibility index (Phi) is 8.17. The molecule has 1 aliphatic heterocycles. The Balaban J connectivity index is 2.45. The van der Waals surface area contributed by atoms with Crippen LogP contribution in [0, 0.1) is 5.92 Å². The SMILES string of the molecule is CC(=O)OC(C)CCCC1CCCC=CC(O)C(C)C(=O)O1. The van der Waals surface area contributed by atoms with Crippen LogP contribution in [0.15, 0.2) is 12.2 Å². The third-order valence-electron chi connectivity index (χ3n) is 3.90. The van der Waals surface area contributed by atoms with Crippen LogP contribution < -0.4 is 0 Å². The number of cyclic esters (lactones) is 1. The first kappa shape index (κ1) is 18.7. The summed E-state index contributed by atoms with van der Waals surface area (Å²) in [5, 5.41) is 9.85. The van der Waals surface area contributed by atoms with E-state index in [1.165, 1.54) is 6.92 Å². The monoisotopic (exact) mass is 312 g/mol. The van der Waals surface area contributed by atoms with E-state index in [0.29, 0.717) is 0 Å². The first-order valence-corrected chi connectivity index (χ1v) is 8.12. The normalized spacial score (nSPS) is 27.8. The van der Waals surface area contributed by atoms with Crippen molar-refractivity contribution in [2.24, 2.45) is 5.92 Å². The summed E-state index contributed by atoms with van der Waals surface area (Å²) in [7, 11) is 0. The summed E-state index contributed by atoms with van der Waals surface area (Å²) in [6, 6.07) is 0. The number of carbonyl (C=O) groups excluding carboxylic acids is 2. The summed E-state index contributed by atoms with van der Waals surface area (Å²) >= 11 is 0. The molecule has 0 radical (unpaired) electrons. The summed E-state index contributed by atoms with van der Waals surface area (Å²) in [6.07, 6.45) is 7.55. The minimum Gasteiger partial charge on any atom is -0.463 e. The Morgan fingerprint density at radius 1 is 1.55 bits per heavy atom. The van der Waals surface area contributed by atoms with Gasteiger partial charge in [-0.15, -0.1) is 0 Å². The lowest BCUT2D eigenvalue weighted by atomic mass is 10.00. The minimum atomic E-state index is -0.782. The fourth-order valence-electron chi connectivity index (χ4n) is 2.51. The molecule has 0 aromatic carbocycles. The van der Waals surface area contributed by atoms with Gasteiger partial charge in [0.2, 0.25) is 0 Å². The Morgan fingerprint density at radius 3 is 2.95 bits per heavy atom. The van der Waals surface area contributed by atoms with Crippen LogP contribution in [-0.4, -0.2) is 35.4 Å². The predicted octanol–water partition coefficient (Wildman–Crippen LogP) is 2.76. The van der Waals surface area contributed by atoms with Gasteiger partial charge in [-0.3, -0.25) is 9.59 Å². The van der Waals surface area contributed by atoms with E-state index in [0.717, 1.165) is 38.5 Å². The van der Waals surface area contributed by atoms with Gasteiger partial charge < -0.3 is 14.6 Å². The fourth-order valence-corrected chi connectivity index (χ4v) is 2.51. The molecule has 0 aromatic rings. The van der Waals surface area contributed by atoms with Crippen LogP contribution in [0.25, 0.3) is 0 Å². The maximum absolute atomic E-state index is 12.0. The molecule has 126 valence electrons. The highest BCUT2D eigenvalue weighted by molar-refractivity contribution is 5.73. The molecule has 0 aromatic heterocycles. The number of aliphatic hydroxyl groups is 1. The molecule has 5 heteroatoms. The molecule has 0 aliphatic carbocycles. The fraction of sp³-hybridized carbons (Fsp3) is 0.765. The summed E-state index contributed by atoms with van der Waals surface area (Å²) in [4.78, 5) is 22.9. The molecule has 5 nitrogen and oxygen atoms in total. The third kappa shape index (κ3) is 7.07. The van der Waals surface area contributed by atoms with E-state index < -0.39 is 12.0 Å². The average Bonchev–Trinajstić information content (AvgIpc) is 2.43. The Hall–Kier alpha value is -1.36. The van der Waals surface area contributed by atoms with Crippen molar-refractivity contribution in [3.63, 3.8) is 0 Å². The third-order valence-corrected chi connectivity index (χ3v) is 3.90. The zero-order chi connectivity index (χ0) is 16.5. The zero-order valence-corrected chi connectivity index (χ0v) is 13.8. The van der Waals surface area contributed by atoms with Gasteiger partial charge in [-0.2, -0.15) is 0 Å². The van der Waals surface area contributed by atoms with Gasteiger partial charge >= 0.3 is 11.9 Å². The molecular formula is C17H28O5. The second-order valence-electron chi connectivity index (χ2n) is 6.05. The molecule has 4 atom stereocenters. The van der Waals surface area contributed by atoms with Crippen LogP contribution >= 0.6 is 0 Å². The highest BCUT2D eigenvalue weighted by Crippen LogP contribution is 2.19. The van der Waals surface area contributed by atoms with Gasteiger partial charge in [0.05, 0.1) is 18.1 Å². The van der Waals surface area contributed by atoms with Gasteiger partial charge in [0.25, 0.3) is 0 Å². The summed E-state index contributed by atoms with van der Waals surface area (Å²) in [6.45, 7) is 4.95. The summed E-state index contributed by atoms with van der Waals surface area (Å²) in [5.41, 5.74) is 0. The first-order valence-electron chi connectivity index (χ1n) is 8.12. The van der Waals surface area contributed by atoms with Crippen molar-refractivity contribution in [2.75, 3.05) is 0 Å². The summed E-state index contributed by atoms with van der Waals surface area (Å²) < 4.78 is 10.6. The number of allylic oxidation sites excluding steroid dienone is 1. The van der Waals surface area contributed by atoms with Crippen molar-refractivity contribution in [3.05, 3.63) is 12.2 Å². The number of aliphatic hydroxyl groups excluding tert-OH is 1. The number of ether oxygens (including phenoxy) is 2. The maximum Gasteiger partial charge on any atom is 0.311 e. The molecule has 4 unspecified atom stereocenters. The van der Waals surface area contributed by atoms with Crippen molar-refractivity contribution in [2.45, 2.75) is 77.6 Å². The molecular weight excluding hydrogens is 284 g/mol. The number of rotatable bonds is 5. The molecule has 22 heavy (non-hydrogen) atoms. The van der Waals surface area contributed by atoms with Gasteiger partial charge in [-0.25, -0.2) is 0 Å². The van der Waals surface area contributed by atoms with Crippen LogP contribution in [0.2, 0.25) is 0 Å². The highest BCUT2D eigenvalue weighted by atomic mass is 16.5.